The molecule has 6 nitrogen and oxygen atoms in total. The van der Waals surface area contributed by atoms with Crippen LogP contribution in [0.25, 0.3) is 0 Å². The summed E-state index contributed by atoms with van der Waals surface area (Å²) in [5.74, 6) is -0.279. The van der Waals surface area contributed by atoms with Crippen LogP contribution < -0.4 is 0 Å². The molecule has 0 aliphatic carbocycles. The van der Waals surface area contributed by atoms with Crippen LogP contribution in [0.5, 0.6) is 0 Å². The topological polar surface area (TPSA) is 95.3 Å². The number of hydrogen-bond acceptors (Lipinski definition) is 5. The fraction of sp³-hybridized carbons (Fsp3) is 0.278. The van der Waals surface area contributed by atoms with Gasteiger partial charge in [0.15, 0.2) is 9.84 Å². The zero-order valence-electron chi connectivity index (χ0n) is 14.2. The van der Waals surface area contributed by atoms with E-state index >= 15 is 0 Å². The molecule has 27 heavy (non-hydrogen) atoms. The van der Waals surface area contributed by atoms with Gasteiger partial charge in [-0.05, 0) is 42.3 Å². The van der Waals surface area contributed by atoms with Gasteiger partial charge in [0, 0.05) is 18.1 Å². The van der Waals surface area contributed by atoms with E-state index in [2.05, 4.69) is 0 Å². The summed E-state index contributed by atoms with van der Waals surface area (Å²) in [7, 11) is -7.41. The first-order chi connectivity index (χ1) is 12.8. The van der Waals surface area contributed by atoms with Crippen molar-refractivity contribution in [2.45, 2.75) is 16.6 Å². The number of sulfone groups is 1. The van der Waals surface area contributed by atoms with Crippen LogP contribution in [-0.2, 0) is 19.9 Å². The molecule has 1 aliphatic heterocycles. The fourth-order valence-electron chi connectivity index (χ4n) is 3.10. The first kappa shape index (κ1) is 19.8. The summed E-state index contributed by atoms with van der Waals surface area (Å²) in [6.07, 6.45) is 0.127. The molecule has 0 N–H and O–H groups in total. The number of nitrogens with zero attached hydrogens (tertiary/aromatic N) is 2. The number of rotatable bonds is 3. The van der Waals surface area contributed by atoms with Gasteiger partial charge in [0.2, 0.25) is 10.0 Å². The third kappa shape index (κ3) is 4.01. The van der Waals surface area contributed by atoms with Crippen molar-refractivity contribution in [2.75, 3.05) is 18.8 Å². The van der Waals surface area contributed by atoms with E-state index in [9.17, 15) is 16.8 Å². The molecule has 0 spiro atoms. The molecule has 1 fully saturated rings. The summed E-state index contributed by atoms with van der Waals surface area (Å²) in [6.45, 7) is -0.0525. The highest BCUT2D eigenvalue weighted by molar-refractivity contribution is 7.92. The molecule has 0 saturated carbocycles. The number of benzene rings is 2. The Balaban J connectivity index is 1.91. The molecule has 3 rings (SSSR count). The number of hydrogen-bond donors (Lipinski definition) is 0. The second kappa shape index (κ2) is 7.60. The van der Waals surface area contributed by atoms with E-state index < -0.39 is 25.1 Å². The SMILES string of the molecule is N#Cc1ccc(S(=O)(=O)N2CCC(c3ccccc3Cl)S(=O)(=O)CC2)cc1. The fourth-order valence-corrected chi connectivity index (χ4v) is 6.82. The largest absolute Gasteiger partial charge is 0.243 e. The van der Waals surface area contributed by atoms with Gasteiger partial charge < -0.3 is 0 Å². The van der Waals surface area contributed by atoms with Crippen LogP contribution in [0.15, 0.2) is 53.4 Å². The molecule has 1 aliphatic rings. The summed E-state index contributed by atoms with van der Waals surface area (Å²) in [6, 6.07) is 14.2. The van der Waals surface area contributed by atoms with Crippen molar-refractivity contribution in [3.63, 3.8) is 0 Å². The van der Waals surface area contributed by atoms with Crippen LogP contribution in [-0.4, -0.2) is 40.0 Å². The zero-order chi connectivity index (χ0) is 19.7. The second-order valence-corrected chi connectivity index (χ2v) is 10.9. The van der Waals surface area contributed by atoms with Crippen molar-refractivity contribution in [3.05, 3.63) is 64.7 Å². The molecule has 2 aromatic rings. The molecule has 1 atom stereocenters. The molecule has 0 bridgehead atoms. The summed E-state index contributed by atoms with van der Waals surface area (Å²) >= 11 is 6.17. The molecule has 1 saturated heterocycles. The average Bonchev–Trinajstić information content (AvgIpc) is 2.81. The van der Waals surface area contributed by atoms with Crippen LogP contribution in [0.4, 0.5) is 0 Å². The lowest BCUT2D eigenvalue weighted by Crippen LogP contribution is -2.33. The zero-order valence-corrected chi connectivity index (χ0v) is 16.6. The highest BCUT2D eigenvalue weighted by atomic mass is 35.5. The van der Waals surface area contributed by atoms with E-state index in [-0.39, 0.29) is 30.2 Å². The maximum atomic E-state index is 12.9. The van der Waals surface area contributed by atoms with Gasteiger partial charge in [-0.15, -0.1) is 0 Å². The van der Waals surface area contributed by atoms with Gasteiger partial charge in [-0.2, -0.15) is 9.57 Å². The van der Waals surface area contributed by atoms with Crippen molar-refractivity contribution >= 4 is 31.5 Å². The van der Waals surface area contributed by atoms with Crippen LogP contribution in [0.3, 0.4) is 0 Å². The molecule has 1 heterocycles. The van der Waals surface area contributed by atoms with E-state index in [1.807, 2.05) is 6.07 Å². The molecular formula is C18H17ClN2O4S2. The molecule has 142 valence electrons. The molecule has 0 amide bonds. The van der Waals surface area contributed by atoms with Gasteiger partial charge in [0.1, 0.15) is 0 Å². The van der Waals surface area contributed by atoms with Crippen LogP contribution >= 0.6 is 11.6 Å². The van der Waals surface area contributed by atoms with E-state index in [0.29, 0.717) is 16.1 Å². The quantitative estimate of drug-likeness (QED) is 0.754. The number of nitriles is 1. The van der Waals surface area contributed by atoms with Gasteiger partial charge >= 0.3 is 0 Å². The van der Waals surface area contributed by atoms with E-state index in [1.165, 1.54) is 28.6 Å². The van der Waals surface area contributed by atoms with E-state index in [1.54, 1.807) is 24.3 Å². The Bertz CT molecular complexity index is 1090. The first-order valence-electron chi connectivity index (χ1n) is 8.22. The number of sulfonamides is 1. The highest BCUT2D eigenvalue weighted by Gasteiger charge is 2.36. The molecule has 0 aromatic heterocycles. The van der Waals surface area contributed by atoms with Crippen molar-refractivity contribution in [2.24, 2.45) is 0 Å². The first-order valence-corrected chi connectivity index (χ1v) is 11.8. The Hall–Kier alpha value is -1.92. The summed E-state index contributed by atoms with van der Waals surface area (Å²) < 4.78 is 52.4. The third-order valence-corrected chi connectivity index (χ3v) is 8.94. The van der Waals surface area contributed by atoms with Crippen LogP contribution in [0.1, 0.15) is 22.8 Å². The minimum Gasteiger partial charge on any atom is -0.228 e. The molecule has 9 heteroatoms. The molecular weight excluding hydrogens is 408 g/mol. The lowest BCUT2D eigenvalue weighted by atomic mass is 10.1. The third-order valence-electron chi connectivity index (χ3n) is 4.57. The Kier molecular flexibility index (Phi) is 5.58. The van der Waals surface area contributed by atoms with Gasteiger partial charge in [0.25, 0.3) is 0 Å². The lowest BCUT2D eigenvalue weighted by Gasteiger charge is -2.20. The van der Waals surface area contributed by atoms with Gasteiger partial charge in [-0.1, -0.05) is 29.8 Å². The summed E-state index contributed by atoms with van der Waals surface area (Å²) in [5, 5.41) is 8.36. The van der Waals surface area contributed by atoms with Crippen molar-refractivity contribution in [3.8, 4) is 6.07 Å². The van der Waals surface area contributed by atoms with E-state index in [4.69, 9.17) is 16.9 Å². The maximum Gasteiger partial charge on any atom is 0.243 e. The standard InChI is InChI=1S/C18H17ClN2O4S2/c19-17-4-2-1-3-16(17)18-9-10-21(11-12-26(18,22)23)27(24,25)15-7-5-14(13-20)6-8-15/h1-8,18H,9-12H2. The van der Waals surface area contributed by atoms with Crippen LogP contribution in [0, 0.1) is 11.3 Å². The minimum absolute atomic E-state index is 0.0371. The highest BCUT2D eigenvalue weighted by Crippen LogP contribution is 2.34. The average molecular weight is 425 g/mol. The molecule has 1 unspecified atom stereocenters. The smallest absolute Gasteiger partial charge is 0.228 e. The maximum absolute atomic E-state index is 12.9. The van der Waals surface area contributed by atoms with Gasteiger partial charge in [0.05, 0.1) is 27.5 Å². The van der Waals surface area contributed by atoms with Gasteiger partial charge in [-0.25, -0.2) is 16.8 Å². The lowest BCUT2D eigenvalue weighted by molar-refractivity contribution is 0.428. The normalized spacial score (nSPS) is 20.5. The Morgan fingerprint density at radius 3 is 2.37 bits per heavy atom. The summed E-state index contributed by atoms with van der Waals surface area (Å²) in [4.78, 5) is 0.0371. The Morgan fingerprint density at radius 2 is 1.74 bits per heavy atom. The van der Waals surface area contributed by atoms with Crippen molar-refractivity contribution in [1.82, 2.24) is 4.31 Å². The molecule has 0 radical (unpaired) electrons. The molecule has 2 aromatic carbocycles. The van der Waals surface area contributed by atoms with Crippen LogP contribution in [0.2, 0.25) is 5.02 Å². The predicted molar refractivity (Wildman–Crippen MR) is 103 cm³/mol. The van der Waals surface area contributed by atoms with E-state index in [0.717, 1.165) is 0 Å². The van der Waals surface area contributed by atoms with Gasteiger partial charge in [-0.3, -0.25) is 0 Å². The predicted octanol–water partition coefficient (Wildman–Crippen LogP) is 2.76. The minimum atomic E-state index is -3.85. The van der Waals surface area contributed by atoms with Crippen molar-refractivity contribution in [1.29, 1.82) is 5.26 Å². The Morgan fingerprint density at radius 1 is 1.07 bits per heavy atom. The second-order valence-electron chi connectivity index (χ2n) is 6.21. The number of halogens is 1. The van der Waals surface area contributed by atoms with Crippen molar-refractivity contribution < 1.29 is 16.8 Å². The Labute approximate surface area is 164 Å². The monoisotopic (exact) mass is 424 g/mol. The summed E-state index contributed by atoms with van der Waals surface area (Å²) in [5.41, 5.74) is 0.850.